The normalized spacial score (nSPS) is 10.7. The number of rotatable bonds is 7. The molecular weight excluding hydrogens is 228 g/mol. The van der Waals surface area contributed by atoms with E-state index in [2.05, 4.69) is 28.7 Å². The van der Waals surface area contributed by atoms with E-state index in [9.17, 15) is 0 Å². The van der Waals surface area contributed by atoms with Gasteiger partial charge in [0.25, 0.3) is 0 Å². The maximum absolute atomic E-state index is 6.10. The predicted molar refractivity (Wildman–Crippen MR) is 75.0 cm³/mol. The summed E-state index contributed by atoms with van der Waals surface area (Å²) in [6.45, 7) is 10.1. The minimum absolute atomic E-state index is 0.0563. The zero-order valence-corrected chi connectivity index (χ0v) is 11.8. The van der Waals surface area contributed by atoms with Crippen LogP contribution in [0.25, 0.3) is 0 Å². The summed E-state index contributed by atoms with van der Waals surface area (Å²) in [6, 6.07) is 0. The summed E-state index contributed by atoms with van der Waals surface area (Å²) >= 11 is 0. The van der Waals surface area contributed by atoms with E-state index in [0.29, 0.717) is 11.6 Å². The monoisotopic (exact) mass is 252 g/mol. The van der Waals surface area contributed by atoms with Crippen molar-refractivity contribution in [2.45, 2.75) is 46.6 Å². The molecule has 5 nitrogen and oxygen atoms in total. The fourth-order valence-corrected chi connectivity index (χ4v) is 1.80. The van der Waals surface area contributed by atoms with Crippen LogP contribution in [0.3, 0.4) is 0 Å². The maximum Gasteiger partial charge on any atom is 0.242 e. The molecule has 0 aliphatic heterocycles. The number of nitrogen functional groups attached to an aromatic ring is 1. The van der Waals surface area contributed by atoms with Crippen LogP contribution in [0.2, 0.25) is 0 Å². The quantitative estimate of drug-likeness (QED) is 0.807. The van der Waals surface area contributed by atoms with Crippen molar-refractivity contribution in [3.63, 3.8) is 0 Å². The number of hydrogen-bond acceptors (Lipinski definition) is 5. The van der Waals surface area contributed by atoms with Crippen LogP contribution in [0.4, 0.5) is 11.5 Å². The molecule has 1 heterocycles. The van der Waals surface area contributed by atoms with Crippen LogP contribution in [0.1, 0.15) is 40.5 Å². The minimum atomic E-state index is 0.0563. The zero-order chi connectivity index (χ0) is 13.5. The fraction of sp³-hybridized carbons (Fsp3) is 0.692. The number of anilines is 2. The van der Waals surface area contributed by atoms with Crippen LogP contribution >= 0.6 is 0 Å². The molecule has 0 aliphatic rings. The largest absolute Gasteiger partial charge is 0.473 e. The van der Waals surface area contributed by atoms with Crippen molar-refractivity contribution in [2.75, 3.05) is 23.7 Å². The highest BCUT2D eigenvalue weighted by Crippen LogP contribution is 2.28. The van der Waals surface area contributed by atoms with E-state index in [4.69, 9.17) is 10.5 Å². The van der Waals surface area contributed by atoms with Crippen molar-refractivity contribution in [3.05, 3.63) is 6.33 Å². The summed E-state index contributed by atoms with van der Waals surface area (Å²) in [5, 5.41) is 0. The summed E-state index contributed by atoms with van der Waals surface area (Å²) < 4.78 is 5.59. The molecule has 0 amide bonds. The molecule has 0 unspecified atom stereocenters. The molecule has 0 atom stereocenters. The van der Waals surface area contributed by atoms with E-state index in [1.807, 2.05) is 13.8 Å². The highest BCUT2D eigenvalue weighted by molar-refractivity contribution is 5.67. The number of nitrogens with two attached hydrogens (primary N) is 1. The van der Waals surface area contributed by atoms with Crippen LogP contribution < -0.4 is 15.4 Å². The second-order valence-electron chi connectivity index (χ2n) is 4.57. The van der Waals surface area contributed by atoms with Crippen molar-refractivity contribution in [2.24, 2.45) is 0 Å². The number of ether oxygens (including phenoxy) is 1. The van der Waals surface area contributed by atoms with Crippen LogP contribution in [0.15, 0.2) is 6.33 Å². The lowest BCUT2D eigenvalue weighted by Crippen LogP contribution is -2.27. The van der Waals surface area contributed by atoms with E-state index < -0.39 is 0 Å². The summed E-state index contributed by atoms with van der Waals surface area (Å²) in [7, 11) is 0. The lowest BCUT2D eigenvalue weighted by atomic mass is 10.3. The average molecular weight is 252 g/mol. The highest BCUT2D eigenvalue weighted by atomic mass is 16.5. The standard InChI is InChI=1S/C13H24N4O/c1-5-7-17(8-6-2)12-11(14)13(16-9-15-12)18-10(3)4/h9-10H,5-8,14H2,1-4H3. The van der Waals surface area contributed by atoms with Gasteiger partial charge >= 0.3 is 0 Å². The van der Waals surface area contributed by atoms with E-state index in [0.717, 1.165) is 31.7 Å². The average Bonchev–Trinajstić information content (AvgIpc) is 2.31. The third-order valence-corrected chi connectivity index (χ3v) is 2.46. The van der Waals surface area contributed by atoms with Gasteiger partial charge in [-0.25, -0.2) is 4.98 Å². The Morgan fingerprint density at radius 1 is 1.22 bits per heavy atom. The fourth-order valence-electron chi connectivity index (χ4n) is 1.80. The first kappa shape index (κ1) is 14.5. The molecule has 1 rings (SSSR count). The zero-order valence-electron chi connectivity index (χ0n) is 11.8. The smallest absolute Gasteiger partial charge is 0.242 e. The summed E-state index contributed by atoms with van der Waals surface area (Å²) in [5.74, 6) is 1.26. The van der Waals surface area contributed by atoms with E-state index in [-0.39, 0.29) is 6.10 Å². The van der Waals surface area contributed by atoms with Gasteiger partial charge in [0.15, 0.2) is 5.82 Å². The number of nitrogens with zero attached hydrogens (tertiary/aromatic N) is 3. The molecule has 0 fully saturated rings. The van der Waals surface area contributed by atoms with Gasteiger partial charge in [-0.1, -0.05) is 13.8 Å². The van der Waals surface area contributed by atoms with Gasteiger partial charge in [-0.2, -0.15) is 4.98 Å². The highest BCUT2D eigenvalue weighted by Gasteiger charge is 2.15. The van der Waals surface area contributed by atoms with Crippen molar-refractivity contribution < 1.29 is 4.74 Å². The van der Waals surface area contributed by atoms with Crippen molar-refractivity contribution in [1.82, 2.24) is 9.97 Å². The van der Waals surface area contributed by atoms with E-state index in [1.54, 1.807) is 0 Å². The maximum atomic E-state index is 6.10. The first-order chi connectivity index (χ1) is 8.60. The molecule has 1 aromatic heterocycles. The Labute approximate surface area is 109 Å². The van der Waals surface area contributed by atoms with E-state index in [1.165, 1.54) is 6.33 Å². The SMILES string of the molecule is CCCN(CCC)c1ncnc(OC(C)C)c1N. The van der Waals surface area contributed by atoms with Gasteiger partial charge in [-0.05, 0) is 26.7 Å². The molecular formula is C13H24N4O. The molecule has 0 saturated carbocycles. The molecule has 0 aliphatic carbocycles. The van der Waals surface area contributed by atoms with Crippen molar-refractivity contribution in [1.29, 1.82) is 0 Å². The van der Waals surface area contributed by atoms with Crippen molar-refractivity contribution >= 4 is 11.5 Å². The molecule has 0 spiro atoms. The third-order valence-electron chi connectivity index (χ3n) is 2.46. The number of aromatic nitrogens is 2. The first-order valence-electron chi connectivity index (χ1n) is 6.62. The second kappa shape index (κ2) is 7.03. The van der Waals surface area contributed by atoms with Gasteiger partial charge in [-0.15, -0.1) is 0 Å². The van der Waals surface area contributed by atoms with Gasteiger partial charge in [0.05, 0.1) is 6.10 Å². The molecule has 0 bridgehead atoms. The molecule has 18 heavy (non-hydrogen) atoms. The van der Waals surface area contributed by atoms with Gasteiger partial charge in [-0.3, -0.25) is 0 Å². The van der Waals surface area contributed by atoms with E-state index >= 15 is 0 Å². The molecule has 1 aromatic rings. The lowest BCUT2D eigenvalue weighted by Gasteiger charge is -2.24. The molecule has 2 N–H and O–H groups in total. The molecule has 0 radical (unpaired) electrons. The lowest BCUT2D eigenvalue weighted by molar-refractivity contribution is 0.234. The topological polar surface area (TPSA) is 64.3 Å². The van der Waals surface area contributed by atoms with Gasteiger partial charge < -0.3 is 15.4 Å². The Morgan fingerprint density at radius 2 is 1.83 bits per heavy atom. The second-order valence-corrected chi connectivity index (χ2v) is 4.57. The first-order valence-corrected chi connectivity index (χ1v) is 6.62. The van der Waals surface area contributed by atoms with Crippen LogP contribution in [0, 0.1) is 0 Å². The predicted octanol–water partition coefficient (Wildman–Crippen LogP) is 2.47. The van der Waals surface area contributed by atoms with Crippen LogP contribution in [0.5, 0.6) is 5.88 Å². The Morgan fingerprint density at radius 3 is 2.33 bits per heavy atom. The summed E-state index contributed by atoms with van der Waals surface area (Å²) in [4.78, 5) is 10.6. The van der Waals surface area contributed by atoms with Gasteiger partial charge in [0, 0.05) is 13.1 Å². The Hall–Kier alpha value is -1.52. The summed E-state index contributed by atoms with van der Waals surface area (Å²) in [6.07, 6.45) is 3.69. The Balaban J connectivity index is 2.99. The Kier molecular flexibility index (Phi) is 5.68. The molecule has 102 valence electrons. The Bertz CT molecular complexity index is 362. The molecule has 5 heteroatoms. The van der Waals surface area contributed by atoms with Crippen LogP contribution in [-0.2, 0) is 0 Å². The van der Waals surface area contributed by atoms with Gasteiger partial charge in [0.2, 0.25) is 5.88 Å². The summed E-state index contributed by atoms with van der Waals surface area (Å²) in [5.41, 5.74) is 6.64. The van der Waals surface area contributed by atoms with Crippen molar-refractivity contribution in [3.8, 4) is 5.88 Å². The molecule has 0 saturated heterocycles. The van der Waals surface area contributed by atoms with Gasteiger partial charge in [0.1, 0.15) is 12.0 Å². The third kappa shape index (κ3) is 3.75. The minimum Gasteiger partial charge on any atom is -0.473 e. The van der Waals surface area contributed by atoms with Crippen LogP contribution in [-0.4, -0.2) is 29.2 Å². The molecule has 0 aromatic carbocycles. The number of hydrogen-bond donors (Lipinski definition) is 1.